The Bertz CT molecular complexity index is 966. The lowest BCUT2D eigenvalue weighted by atomic mass is 10.0. The molecule has 0 aliphatic carbocycles. The molecule has 0 radical (unpaired) electrons. The molecule has 0 saturated carbocycles. The summed E-state index contributed by atoms with van der Waals surface area (Å²) in [6, 6.07) is 0. The SMILES string of the molecule is CCc1c(C)noc1-c1cnc(N2CCC[C@@H](C)C2)nc1-c1cnc(C)cn1. The van der Waals surface area contributed by atoms with Crippen LogP contribution < -0.4 is 4.90 Å². The predicted octanol–water partition coefficient (Wildman–Crippen LogP) is 4.00. The Hall–Kier alpha value is -2.83. The molecule has 0 amide bonds. The first kappa shape index (κ1) is 18.5. The minimum Gasteiger partial charge on any atom is -0.356 e. The van der Waals surface area contributed by atoms with Crippen molar-refractivity contribution in [1.29, 1.82) is 0 Å². The number of anilines is 1. The molecule has 1 aliphatic rings. The van der Waals surface area contributed by atoms with E-state index in [0.717, 1.165) is 65.8 Å². The van der Waals surface area contributed by atoms with Crippen molar-refractivity contribution in [2.45, 2.75) is 47.0 Å². The van der Waals surface area contributed by atoms with E-state index in [1.807, 2.05) is 20.0 Å². The summed E-state index contributed by atoms with van der Waals surface area (Å²) in [5, 5.41) is 4.16. The van der Waals surface area contributed by atoms with E-state index in [4.69, 9.17) is 9.51 Å². The maximum absolute atomic E-state index is 5.67. The van der Waals surface area contributed by atoms with Gasteiger partial charge in [0.15, 0.2) is 5.76 Å². The largest absolute Gasteiger partial charge is 0.356 e. The second-order valence-electron chi connectivity index (χ2n) is 7.60. The van der Waals surface area contributed by atoms with Gasteiger partial charge in [0.2, 0.25) is 5.95 Å². The molecular formula is C21H26N6O. The van der Waals surface area contributed by atoms with Crippen LogP contribution in [0.2, 0.25) is 0 Å². The molecule has 28 heavy (non-hydrogen) atoms. The molecule has 146 valence electrons. The van der Waals surface area contributed by atoms with E-state index < -0.39 is 0 Å². The van der Waals surface area contributed by atoms with Crippen molar-refractivity contribution in [3.05, 3.63) is 35.5 Å². The third-order valence-electron chi connectivity index (χ3n) is 5.32. The smallest absolute Gasteiger partial charge is 0.225 e. The lowest BCUT2D eigenvalue weighted by molar-refractivity contribution is 0.426. The summed E-state index contributed by atoms with van der Waals surface area (Å²) in [5.41, 5.74) is 5.10. The second-order valence-corrected chi connectivity index (χ2v) is 7.60. The quantitative estimate of drug-likeness (QED) is 0.678. The van der Waals surface area contributed by atoms with Gasteiger partial charge in [-0.3, -0.25) is 9.97 Å². The van der Waals surface area contributed by atoms with Gasteiger partial charge in [0.05, 0.1) is 23.1 Å². The van der Waals surface area contributed by atoms with Gasteiger partial charge < -0.3 is 9.42 Å². The highest BCUT2D eigenvalue weighted by molar-refractivity contribution is 5.78. The lowest BCUT2D eigenvalue weighted by Crippen LogP contribution is -2.35. The molecule has 7 heteroatoms. The van der Waals surface area contributed by atoms with Crippen LogP contribution in [0.25, 0.3) is 22.7 Å². The van der Waals surface area contributed by atoms with Crippen molar-refractivity contribution >= 4 is 5.95 Å². The summed E-state index contributed by atoms with van der Waals surface area (Å²) >= 11 is 0. The fourth-order valence-corrected chi connectivity index (χ4v) is 3.79. The van der Waals surface area contributed by atoms with Crippen LogP contribution in [0.15, 0.2) is 23.1 Å². The van der Waals surface area contributed by atoms with Crippen LogP contribution in [0.5, 0.6) is 0 Å². The van der Waals surface area contributed by atoms with E-state index >= 15 is 0 Å². The predicted molar refractivity (Wildman–Crippen MR) is 108 cm³/mol. The maximum atomic E-state index is 5.67. The number of hydrogen-bond donors (Lipinski definition) is 0. The first-order valence-electron chi connectivity index (χ1n) is 9.93. The van der Waals surface area contributed by atoms with Gasteiger partial charge in [-0.2, -0.15) is 0 Å². The molecule has 0 spiro atoms. The van der Waals surface area contributed by atoms with Gasteiger partial charge >= 0.3 is 0 Å². The fraction of sp³-hybridized carbons (Fsp3) is 0.476. The highest BCUT2D eigenvalue weighted by atomic mass is 16.5. The molecule has 3 aromatic heterocycles. The van der Waals surface area contributed by atoms with Gasteiger partial charge in [0.25, 0.3) is 0 Å². The van der Waals surface area contributed by atoms with E-state index in [-0.39, 0.29) is 0 Å². The van der Waals surface area contributed by atoms with E-state index in [9.17, 15) is 0 Å². The summed E-state index contributed by atoms with van der Waals surface area (Å²) in [6.07, 6.45) is 8.61. The summed E-state index contributed by atoms with van der Waals surface area (Å²) in [6.45, 7) is 10.2. The number of hydrogen-bond acceptors (Lipinski definition) is 7. The fourth-order valence-electron chi connectivity index (χ4n) is 3.79. The summed E-state index contributed by atoms with van der Waals surface area (Å²) < 4.78 is 5.67. The third-order valence-corrected chi connectivity index (χ3v) is 5.32. The van der Waals surface area contributed by atoms with Crippen LogP contribution in [0.4, 0.5) is 5.95 Å². The molecule has 0 unspecified atom stereocenters. The molecule has 1 atom stereocenters. The van der Waals surface area contributed by atoms with Crippen LogP contribution in [-0.2, 0) is 6.42 Å². The molecule has 4 rings (SSSR count). The van der Waals surface area contributed by atoms with Crippen LogP contribution in [0.3, 0.4) is 0 Å². The van der Waals surface area contributed by atoms with Crippen molar-refractivity contribution in [3.8, 4) is 22.7 Å². The van der Waals surface area contributed by atoms with Crippen molar-refractivity contribution in [2.24, 2.45) is 5.92 Å². The Labute approximate surface area is 165 Å². The minimum atomic E-state index is 0.642. The molecule has 1 aliphatic heterocycles. The Morgan fingerprint density at radius 2 is 2.00 bits per heavy atom. The summed E-state index contributed by atoms with van der Waals surface area (Å²) in [5.74, 6) is 2.10. The van der Waals surface area contributed by atoms with Gasteiger partial charge in [0.1, 0.15) is 11.4 Å². The van der Waals surface area contributed by atoms with Crippen molar-refractivity contribution in [1.82, 2.24) is 25.1 Å². The third kappa shape index (κ3) is 3.48. The molecule has 7 nitrogen and oxygen atoms in total. The maximum Gasteiger partial charge on any atom is 0.225 e. The molecule has 0 aromatic carbocycles. The van der Waals surface area contributed by atoms with E-state index in [2.05, 4.69) is 38.9 Å². The first-order chi connectivity index (χ1) is 13.6. The zero-order chi connectivity index (χ0) is 19.7. The van der Waals surface area contributed by atoms with Gasteiger partial charge in [-0.25, -0.2) is 9.97 Å². The average molecular weight is 378 g/mol. The van der Waals surface area contributed by atoms with Crippen LogP contribution in [0, 0.1) is 19.8 Å². The number of aromatic nitrogens is 5. The lowest BCUT2D eigenvalue weighted by Gasteiger charge is -2.31. The number of nitrogens with zero attached hydrogens (tertiary/aromatic N) is 6. The molecule has 0 bridgehead atoms. The highest BCUT2D eigenvalue weighted by Gasteiger charge is 2.24. The Kier molecular flexibility index (Phi) is 5.07. The van der Waals surface area contributed by atoms with Gasteiger partial charge in [-0.1, -0.05) is 19.0 Å². The first-order valence-corrected chi connectivity index (χ1v) is 9.93. The molecule has 1 saturated heterocycles. The summed E-state index contributed by atoms with van der Waals surface area (Å²) in [4.78, 5) is 20.8. The Morgan fingerprint density at radius 3 is 2.71 bits per heavy atom. The van der Waals surface area contributed by atoms with E-state index in [0.29, 0.717) is 11.6 Å². The zero-order valence-corrected chi connectivity index (χ0v) is 16.9. The second kappa shape index (κ2) is 7.66. The van der Waals surface area contributed by atoms with E-state index in [1.54, 1.807) is 12.4 Å². The average Bonchev–Trinajstić information content (AvgIpc) is 3.08. The standard InChI is InChI=1S/C21H26N6O/c1-5-16-15(4)26-28-20(16)17-10-24-21(27-8-6-7-13(2)12-27)25-19(17)18-11-22-14(3)9-23-18/h9-11,13H,5-8,12H2,1-4H3/t13-/m1/s1. The monoisotopic (exact) mass is 378 g/mol. The van der Waals surface area contributed by atoms with Crippen molar-refractivity contribution in [3.63, 3.8) is 0 Å². The Morgan fingerprint density at radius 1 is 1.14 bits per heavy atom. The van der Waals surface area contributed by atoms with Crippen LogP contribution in [0.1, 0.15) is 43.6 Å². The minimum absolute atomic E-state index is 0.642. The molecule has 0 N–H and O–H groups in total. The van der Waals surface area contributed by atoms with Crippen LogP contribution in [-0.4, -0.2) is 38.2 Å². The number of aryl methyl sites for hydroxylation is 2. The topological polar surface area (TPSA) is 80.8 Å². The van der Waals surface area contributed by atoms with Gasteiger partial charge in [0, 0.05) is 31.0 Å². The molecule has 3 aromatic rings. The normalized spacial score (nSPS) is 17.1. The summed E-state index contributed by atoms with van der Waals surface area (Å²) in [7, 11) is 0. The van der Waals surface area contributed by atoms with Crippen LogP contribution >= 0.6 is 0 Å². The number of piperidine rings is 1. The molecule has 1 fully saturated rings. The van der Waals surface area contributed by atoms with Gasteiger partial charge in [-0.15, -0.1) is 0 Å². The van der Waals surface area contributed by atoms with Crippen molar-refractivity contribution in [2.75, 3.05) is 18.0 Å². The molecular weight excluding hydrogens is 352 g/mol. The zero-order valence-electron chi connectivity index (χ0n) is 16.9. The highest BCUT2D eigenvalue weighted by Crippen LogP contribution is 2.34. The number of rotatable bonds is 4. The molecule has 4 heterocycles. The van der Waals surface area contributed by atoms with Crippen molar-refractivity contribution < 1.29 is 4.52 Å². The van der Waals surface area contributed by atoms with Gasteiger partial charge in [-0.05, 0) is 39.0 Å². The van der Waals surface area contributed by atoms with E-state index in [1.165, 1.54) is 6.42 Å². The Balaban J connectivity index is 1.84.